The fourth-order valence-electron chi connectivity index (χ4n) is 10.1. The molecule has 13 heteroatoms. The van der Waals surface area contributed by atoms with Crippen LogP contribution in [0.4, 0.5) is 0 Å². The number of nitrogens with one attached hydrogen (secondary N) is 1. The lowest BCUT2D eigenvalue weighted by atomic mass is 10.0. The third kappa shape index (κ3) is 57.3. The molecule has 0 saturated carbocycles. The van der Waals surface area contributed by atoms with Gasteiger partial charge >= 0.3 is 0 Å². The topological polar surface area (TPSA) is 47.6 Å². The Kier molecular flexibility index (Phi) is 66.5. The first-order valence-electron chi connectivity index (χ1n) is 33.6. The van der Waals surface area contributed by atoms with Crippen molar-refractivity contribution in [3.05, 3.63) is 0 Å². The standard InChI is InChI=1S/C64H128BrNO3P2S6/c1-5-9-13-17-21-25-29-33-37-41-45-49-53-57-68-64(77-70-72,74-59-55-51-47-43-39-35-31-27-23-19-15-11-7-3)66-63(67)62(65)61-76-71(73,69-58-54-50-46-42-38-34-30-26-22-18-14-10-6-2)75-60-56-52-48-44-40-36-32-28-24-20-16-12-8-4/h62H,5-61H2,1-4H3,(H,66,67). The van der Waals surface area contributed by atoms with Crippen molar-refractivity contribution in [2.45, 2.75) is 371 Å². The van der Waals surface area contributed by atoms with Crippen LogP contribution in [0, 0.1) is 0 Å². The van der Waals surface area contributed by atoms with Crippen LogP contribution >= 0.6 is 73.1 Å². The summed E-state index contributed by atoms with van der Waals surface area (Å²) in [5, 5.41) is 3.42. The smallest absolute Gasteiger partial charge is 0.248 e. The predicted octanol–water partition coefficient (Wildman–Crippen LogP) is 26.4. The van der Waals surface area contributed by atoms with Crippen molar-refractivity contribution in [1.82, 2.24) is 5.32 Å². The third-order valence-corrected chi connectivity index (χ3v) is 30.3. The largest absolute Gasteiger partial charge is 0.337 e. The van der Waals surface area contributed by atoms with Crippen LogP contribution in [0.5, 0.6) is 0 Å². The molecule has 0 aromatic rings. The lowest BCUT2D eigenvalue weighted by molar-refractivity contribution is -0.123. The number of rotatable bonds is 67. The van der Waals surface area contributed by atoms with E-state index in [0.29, 0.717) is 12.4 Å². The number of ether oxygens (including phenoxy) is 1. The highest BCUT2D eigenvalue weighted by molar-refractivity contribution is 9.10. The van der Waals surface area contributed by atoms with E-state index in [2.05, 4.69) is 48.9 Å². The minimum atomic E-state index is -2.24. The van der Waals surface area contributed by atoms with Crippen molar-refractivity contribution in [2.24, 2.45) is 0 Å². The first-order chi connectivity index (χ1) is 37.8. The average Bonchev–Trinajstić information content (AvgIpc) is 3.42. The molecule has 0 saturated heterocycles. The Balaban J connectivity index is 5.34. The van der Waals surface area contributed by atoms with Crippen LogP contribution in [-0.2, 0) is 37.7 Å². The van der Waals surface area contributed by atoms with Crippen molar-refractivity contribution < 1.29 is 14.1 Å². The molecule has 0 fully saturated rings. The van der Waals surface area contributed by atoms with Crippen LogP contribution in [0.3, 0.4) is 0 Å². The van der Waals surface area contributed by atoms with Gasteiger partial charge < -0.3 is 14.6 Å². The second-order valence-corrected chi connectivity index (χ2v) is 39.3. The van der Waals surface area contributed by atoms with Crippen molar-refractivity contribution in [1.29, 1.82) is 0 Å². The highest BCUT2D eigenvalue weighted by Gasteiger charge is 2.37. The molecule has 0 heterocycles. The molecule has 0 aromatic heterocycles. The quantitative estimate of drug-likeness (QED) is 0.0278. The van der Waals surface area contributed by atoms with Gasteiger partial charge in [-0.15, -0.1) is 0 Å². The summed E-state index contributed by atoms with van der Waals surface area (Å²) in [7, 11) is 0. The molecule has 460 valence electrons. The minimum Gasteiger partial charge on any atom is -0.337 e. The van der Waals surface area contributed by atoms with Crippen LogP contribution < -0.4 is 5.32 Å². The molecule has 0 aliphatic carbocycles. The molecule has 4 nitrogen and oxygen atoms in total. The summed E-state index contributed by atoms with van der Waals surface area (Å²) >= 11 is 22.8. The van der Waals surface area contributed by atoms with Crippen molar-refractivity contribution in [3.8, 4) is 0 Å². The molecule has 0 rings (SSSR count). The van der Waals surface area contributed by atoms with Crippen molar-refractivity contribution >= 4 is 103 Å². The summed E-state index contributed by atoms with van der Waals surface area (Å²) < 4.78 is 10.4. The zero-order chi connectivity index (χ0) is 56.1. The van der Waals surface area contributed by atoms with E-state index in [9.17, 15) is 4.79 Å². The van der Waals surface area contributed by atoms with Gasteiger partial charge in [-0.1, -0.05) is 386 Å². The van der Waals surface area contributed by atoms with Gasteiger partial charge in [0.05, 0.1) is 13.2 Å². The number of hydrogen-bond acceptors (Lipinski definition) is 9. The van der Waals surface area contributed by atoms with E-state index in [1.54, 1.807) is 34.5 Å². The molecule has 0 aliphatic heterocycles. The number of thioether (sulfide) groups is 1. The van der Waals surface area contributed by atoms with E-state index in [4.69, 9.17) is 32.9 Å². The molecule has 0 radical (unpaired) electrons. The van der Waals surface area contributed by atoms with E-state index < -0.39 is 13.9 Å². The molecule has 3 atom stereocenters. The van der Waals surface area contributed by atoms with Gasteiger partial charge in [0, 0.05) is 18.1 Å². The summed E-state index contributed by atoms with van der Waals surface area (Å²) in [5.74, 6) is 2.54. The maximum Gasteiger partial charge on any atom is 0.248 e. The Morgan fingerprint density at radius 2 is 0.727 bits per heavy atom. The summed E-state index contributed by atoms with van der Waals surface area (Å²) in [6.45, 7) is 11.3. The van der Waals surface area contributed by atoms with Crippen molar-refractivity contribution in [3.63, 3.8) is 0 Å². The number of halogens is 1. The Bertz CT molecular complexity index is 1190. The number of amides is 1. The van der Waals surface area contributed by atoms with Gasteiger partial charge in [-0.05, 0) is 66.4 Å². The van der Waals surface area contributed by atoms with Crippen LogP contribution in [0.2, 0.25) is 0 Å². The zero-order valence-corrected chi connectivity index (χ0v) is 59.6. The monoisotopic (exact) mass is 1290 g/mol. The molecule has 1 amide bonds. The van der Waals surface area contributed by atoms with Crippen LogP contribution in [0.1, 0.15) is 362 Å². The van der Waals surface area contributed by atoms with E-state index in [1.165, 1.54) is 315 Å². The van der Waals surface area contributed by atoms with E-state index in [0.717, 1.165) is 43.9 Å². The van der Waals surface area contributed by atoms with E-state index in [1.807, 2.05) is 11.4 Å². The maximum absolute atomic E-state index is 14.3. The SMILES string of the molecule is CCCCCCCCCCCCCCCOC(NC(=O)C(Br)CSP(=S)(OCCCCCCCCCCCCCCC)SCCCCCCCCCCCCCCC)(SCCCCCCCCCCCCCCC)SP=S. The normalized spacial score (nSPS) is 13.8. The van der Waals surface area contributed by atoms with Gasteiger partial charge in [-0.3, -0.25) is 4.79 Å². The molecule has 77 heavy (non-hydrogen) atoms. The Hall–Kier alpha value is 2.44. The number of carbonyl (C=O) groups excluding carboxylic acids is 1. The van der Waals surface area contributed by atoms with Gasteiger partial charge in [-0.25, -0.2) is 0 Å². The molecular weight excluding hydrogens is 1160 g/mol. The predicted molar refractivity (Wildman–Crippen MR) is 372 cm³/mol. The number of unbranched alkanes of at least 4 members (excludes halogenated alkanes) is 48. The molecule has 0 aliphatic rings. The molecule has 1 N–H and O–H groups in total. The Labute approximate surface area is 518 Å². The maximum atomic E-state index is 14.3. The Morgan fingerprint density at radius 3 is 1.05 bits per heavy atom. The molecular formula is C64H128BrNO3P2S6. The molecule has 0 spiro atoms. The van der Waals surface area contributed by atoms with Gasteiger partial charge in [0.25, 0.3) is 0 Å². The second-order valence-electron chi connectivity index (χ2n) is 22.8. The molecule has 0 aromatic carbocycles. The summed E-state index contributed by atoms with van der Waals surface area (Å²) in [6, 6.07) is 0. The van der Waals surface area contributed by atoms with Crippen LogP contribution in [-0.4, -0.2) is 45.6 Å². The number of alkyl halides is 1. The summed E-state index contributed by atoms with van der Waals surface area (Å²) in [5.41, 5.74) is 0. The van der Waals surface area contributed by atoms with E-state index >= 15 is 0 Å². The average molecular weight is 1290 g/mol. The summed E-state index contributed by atoms with van der Waals surface area (Å²) in [6.07, 6.45) is 69.8. The Morgan fingerprint density at radius 1 is 0.442 bits per heavy atom. The zero-order valence-electron chi connectivity index (χ0n) is 51.3. The van der Waals surface area contributed by atoms with Gasteiger partial charge in [-0.2, -0.15) is 0 Å². The summed E-state index contributed by atoms with van der Waals surface area (Å²) in [4.78, 5) is 13.9. The number of hydrogen-bond donors (Lipinski definition) is 1. The lowest BCUT2D eigenvalue weighted by Gasteiger charge is -2.32. The number of carbonyl (C=O) groups is 1. The fourth-order valence-corrected chi connectivity index (χ4v) is 23.8. The second kappa shape index (κ2) is 64.4. The van der Waals surface area contributed by atoms with Crippen LogP contribution in [0.15, 0.2) is 0 Å². The third-order valence-electron chi connectivity index (χ3n) is 15.2. The minimum absolute atomic E-state index is 0.0357. The van der Waals surface area contributed by atoms with Crippen molar-refractivity contribution in [2.75, 3.05) is 30.5 Å². The molecule has 0 bridgehead atoms. The lowest BCUT2D eigenvalue weighted by Crippen LogP contribution is -2.48. The molecule has 3 unspecified atom stereocenters. The van der Waals surface area contributed by atoms with Crippen LogP contribution in [0.25, 0.3) is 0 Å². The highest BCUT2D eigenvalue weighted by atomic mass is 79.9. The van der Waals surface area contributed by atoms with Gasteiger partial charge in [0.15, 0.2) is 4.67 Å². The van der Waals surface area contributed by atoms with E-state index in [-0.39, 0.29) is 5.91 Å². The first-order valence-corrected chi connectivity index (χ1v) is 44.7. The fraction of sp³-hybridized carbons (Fsp3) is 0.984. The van der Waals surface area contributed by atoms with Gasteiger partial charge in [0.2, 0.25) is 10.3 Å². The first kappa shape index (κ1) is 79.4. The van der Waals surface area contributed by atoms with Gasteiger partial charge in [0.1, 0.15) is 4.83 Å². The highest BCUT2D eigenvalue weighted by Crippen LogP contribution is 2.70.